The molecular formula is C15H26ClNO. The van der Waals surface area contributed by atoms with Gasteiger partial charge in [-0.05, 0) is 31.1 Å². The highest BCUT2D eigenvalue weighted by atomic mass is 35.5. The molecular weight excluding hydrogens is 246 g/mol. The standard InChI is InChI=1S/C15H26ClNO/c1-15(2)10-6-7-11(15)14(18)17(3)13-9-5-4-8-12(13)16/h11-13H,4-10H2,1-3H3. The Hall–Kier alpha value is -0.240. The van der Waals surface area contributed by atoms with Crippen molar-refractivity contribution >= 4 is 17.5 Å². The van der Waals surface area contributed by atoms with Gasteiger partial charge >= 0.3 is 0 Å². The minimum absolute atomic E-state index is 0.150. The van der Waals surface area contributed by atoms with Gasteiger partial charge in [-0.3, -0.25) is 4.79 Å². The molecule has 0 bridgehead atoms. The average molecular weight is 272 g/mol. The zero-order valence-corrected chi connectivity index (χ0v) is 12.7. The predicted octanol–water partition coefficient (Wildman–Crippen LogP) is 3.82. The van der Waals surface area contributed by atoms with E-state index in [0.717, 1.165) is 19.3 Å². The van der Waals surface area contributed by atoms with Crippen molar-refractivity contribution in [1.82, 2.24) is 4.90 Å². The lowest BCUT2D eigenvalue weighted by Gasteiger charge is -2.38. The van der Waals surface area contributed by atoms with Crippen LogP contribution in [0.15, 0.2) is 0 Å². The summed E-state index contributed by atoms with van der Waals surface area (Å²) in [4.78, 5) is 14.6. The molecule has 2 aliphatic rings. The smallest absolute Gasteiger partial charge is 0.226 e. The molecule has 2 saturated carbocycles. The summed E-state index contributed by atoms with van der Waals surface area (Å²) in [5.41, 5.74) is 0.168. The van der Waals surface area contributed by atoms with Gasteiger partial charge in [0.05, 0.1) is 5.38 Å². The van der Waals surface area contributed by atoms with Crippen LogP contribution in [-0.2, 0) is 4.79 Å². The van der Waals surface area contributed by atoms with Crippen LogP contribution in [0.3, 0.4) is 0 Å². The molecule has 0 aromatic heterocycles. The van der Waals surface area contributed by atoms with Crippen LogP contribution in [0.2, 0.25) is 0 Å². The second-order valence-corrected chi connectivity index (χ2v) is 7.31. The number of nitrogens with zero attached hydrogens (tertiary/aromatic N) is 1. The molecule has 18 heavy (non-hydrogen) atoms. The van der Waals surface area contributed by atoms with Crippen molar-refractivity contribution < 1.29 is 4.79 Å². The molecule has 2 fully saturated rings. The van der Waals surface area contributed by atoms with E-state index < -0.39 is 0 Å². The molecule has 3 atom stereocenters. The number of alkyl halides is 1. The third-order valence-corrected chi connectivity index (χ3v) is 5.56. The molecule has 3 unspecified atom stereocenters. The van der Waals surface area contributed by atoms with Crippen molar-refractivity contribution in [1.29, 1.82) is 0 Å². The largest absolute Gasteiger partial charge is 0.341 e. The molecule has 0 saturated heterocycles. The molecule has 0 aromatic carbocycles. The van der Waals surface area contributed by atoms with Gasteiger partial charge < -0.3 is 4.90 Å². The Labute approximate surface area is 116 Å². The maximum Gasteiger partial charge on any atom is 0.226 e. The Kier molecular flexibility index (Phi) is 4.25. The van der Waals surface area contributed by atoms with Crippen molar-refractivity contribution in [2.45, 2.75) is 70.2 Å². The van der Waals surface area contributed by atoms with E-state index >= 15 is 0 Å². The SMILES string of the molecule is CN(C(=O)C1CCCC1(C)C)C1CCCCC1Cl. The van der Waals surface area contributed by atoms with Gasteiger partial charge in [0.15, 0.2) is 0 Å². The number of carbonyl (C=O) groups is 1. The van der Waals surface area contributed by atoms with E-state index in [0.29, 0.717) is 5.91 Å². The third kappa shape index (κ3) is 2.68. The highest BCUT2D eigenvalue weighted by Crippen LogP contribution is 2.44. The first kappa shape index (κ1) is 14.2. The van der Waals surface area contributed by atoms with Crippen molar-refractivity contribution in [2.75, 3.05) is 7.05 Å². The summed E-state index contributed by atoms with van der Waals surface area (Å²) >= 11 is 6.41. The Morgan fingerprint density at radius 2 is 1.83 bits per heavy atom. The van der Waals surface area contributed by atoms with E-state index in [1.54, 1.807) is 0 Å². The lowest BCUT2D eigenvalue weighted by molar-refractivity contribution is -0.139. The summed E-state index contributed by atoms with van der Waals surface area (Å²) < 4.78 is 0. The minimum Gasteiger partial charge on any atom is -0.341 e. The van der Waals surface area contributed by atoms with Crippen LogP contribution in [0.5, 0.6) is 0 Å². The van der Waals surface area contributed by atoms with Crippen LogP contribution in [0.4, 0.5) is 0 Å². The fourth-order valence-corrected chi connectivity index (χ4v) is 4.15. The van der Waals surface area contributed by atoms with Gasteiger partial charge in [0.2, 0.25) is 5.91 Å². The number of rotatable bonds is 2. The molecule has 1 amide bonds. The second-order valence-electron chi connectivity index (χ2n) is 6.75. The van der Waals surface area contributed by atoms with Gasteiger partial charge in [0.1, 0.15) is 0 Å². The summed E-state index contributed by atoms with van der Waals surface area (Å²) in [5, 5.41) is 0.150. The molecule has 0 N–H and O–H groups in total. The van der Waals surface area contributed by atoms with Gasteiger partial charge in [0, 0.05) is 19.0 Å². The van der Waals surface area contributed by atoms with Crippen molar-refractivity contribution in [3.8, 4) is 0 Å². The first-order valence-corrected chi connectivity index (χ1v) is 7.78. The highest BCUT2D eigenvalue weighted by molar-refractivity contribution is 6.21. The maximum absolute atomic E-state index is 12.7. The van der Waals surface area contributed by atoms with Gasteiger partial charge in [-0.1, -0.05) is 33.1 Å². The molecule has 104 valence electrons. The summed E-state index contributed by atoms with van der Waals surface area (Å²) in [5.74, 6) is 0.531. The van der Waals surface area contributed by atoms with Crippen molar-refractivity contribution in [2.24, 2.45) is 11.3 Å². The molecule has 2 aliphatic carbocycles. The Balaban J connectivity index is 2.04. The van der Waals surface area contributed by atoms with E-state index in [-0.39, 0.29) is 22.8 Å². The van der Waals surface area contributed by atoms with E-state index in [2.05, 4.69) is 13.8 Å². The van der Waals surface area contributed by atoms with Crippen molar-refractivity contribution in [3.63, 3.8) is 0 Å². The number of hydrogen-bond donors (Lipinski definition) is 0. The maximum atomic E-state index is 12.7. The van der Waals surface area contributed by atoms with Crippen LogP contribution < -0.4 is 0 Å². The van der Waals surface area contributed by atoms with Gasteiger partial charge in [-0.2, -0.15) is 0 Å². The van der Waals surface area contributed by atoms with Crippen LogP contribution in [-0.4, -0.2) is 29.3 Å². The summed E-state index contributed by atoms with van der Waals surface area (Å²) in [7, 11) is 1.96. The fourth-order valence-electron chi connectivity index (χ4n) is 3.70. The molecule has 0 spiro atoms. The Bertz CT molecular complexity index is 316. The van der Waals surface area contributed by atoms with Crippen LogP contribution >= 0.6 is 11.6 Å². The molecule has 2 rings (SSSR count). The van der Waals surface area contributed by atoms with E-state index in [4.69, 9.17) is 11.6 Å². The van der Waals surface area contributed by atoms with Crippen molar-refractivity contribution in [3.05, 3.63) is 0 Å². The summed E-state index contributed by atoms with van der Waals surface area (Å²) in [6, 6.07) is 0.254. The first-order chi connectivity index (χ1) is 8.43. The predicted molar refractivity (Wildman–Crippen MR) is 75.8 cm³/mol. The average Bonchev–Trinajstić information content (AvgIpc) is 2.68. The monoisotopic (exact) mass is 271 g/mol. The third-order valence-electron chi connectivity index (χ3n) is 5.05. The van der Waals surface area contributed by atoms with Gasteiger partial charge in [-0.25, -0.2) is 0 Å². The first-order valence-electron chi connectivity index (χ1n) is 7.34. The molecule has 0 aromatic rings. The fraction of sp³-hybridized carbons (Fsp3) is 0.933. The zero-order valence-electron chi connectivity index (χ0n) is 11.9. The summed E-state index contributed by atoms with van der Waals surface area (Å²) in [6.07, 6.45) is 7.96. The van der Waals surface area contributed by atoms with Gasteiger partial charge in [-0.15, -0.1) is 11.6 Å². The number of hydrogen-bond acceptors (Lipinski definition) is 1. The molecule has 0 aliphatic heterocycles. The summed E-state index contributed by atoms with van der Waals surface area (Å²) in [6.45, 7) is 4.46. The molecule has 3 heteroatoms. The number of carbonyl (C=O) groups excluding carboxylic acids is 1. The zero-order chi connectivity index (χ0) is 13.3. The number of halogens is 1. The quantitative estimate of drug-likeness (QED) is 0.699. The van der Waals surface area contributed by atoms with Crippen LogP contribution in [0.1, 0.15) is 58.8 Å². The number of amides is 1. The van der Waals surface area contributed by atoms with Crippen LogP contribution in [0.25, 0.3) is 0 Å². The highest BCUT2D eigenvalue weighted by Gasteiger charge is 2.42. The van der Waals surface area contributed by atoms with E-state index in [1.807, 2.05) is 11.9 Å². The molecule has 0 radical (unpaired) electrons. The van der Waals surface area contributed by atoms with Gasteiger partial charge in [0.25, 0.3) is 0 Å². The lowest BCUT2D eigenvalue weighted by atomic mass is 9.80. The Morgan fingerprint density at radius 3 is 2.39 bits per heavy atom. The lowest BCUT2D eigenvalue weighted by Crippen LogP contribution is -2.48. The second kappa shape index (κ2) is 5.40. The van der Waals surface area contributed by atoms with E-state index in [9.17, 15) is 4.79 Å². The molecule has 0 heterocycles. The van der Waals surface area contributed by atoms with E-state index in [1.165, 1.54) is 25.7 Å². The minimum atomic E-state index is 0.150. The topological polar surface area (TPSA) is 20.3 Å². The molecule has 2 nitrogen and oxygen atoms in total. The normalized spacial score (nSPS) is 35.4. The van der Waals surface area contributed by atoms with Crippen LogP contribution in [0, 0.1) is 11.3 Å². The Morgan fingerprint density at radius 1 is 1.17 bits per heavy atom.